The lowest BCUT2D eigenvalue weighted by Gasteiger charge is -2.13. The molecule has 1 aliphatic carbocycles. The lowest BCUT2D eigenvalue weighted by molar-refractivity contribution is -0.115. The molecule has 2 N–H and O–H groups in total. The fraction of sp³-hybridized carbons (Fsp3) is 0.250. The van der Waals surface area contributed by atoms with Gasteiger partial charge < -0.3 is 10.6 Å². The van der Waals surface area contributed by atoms with E-state index in [-0.39, 0.29) is 18.2 Å². The van der Waals surface area contributed by atoms with E-state index in [2.05, 4.69) is 10.6 Å². The molecule has 0 spiro atoms. The summed E-state index contributed by atoms with van der Waals surface area (Å²) in [6.45, 7) is 0.461. The van der Waals surface area contributed by atoms with Crippen molar-refractivity contribution in [2.24, 2.45) is 0 Å². The zero-order valence-electron chi connectivity index (χ0n) is 16.5. The van der Waals surface area contributed by atoms with Gasteiger partial charge in [-0.3, -0.25) is 9.59 Å². The highest BCUT2D eigenvalue weighted by atomic mass is 35.5. The first-order chi connectivity index (χ1) is 14.6. The molecule has 0 saturated heterocycles. The predicted molar refractivity (Wildman–Crippen MR) is 122 cm³/mol. The molecule has 2 amide bonds. The summed E-state index contributed by atoms with van der Waals surface area (Å²) in [4.78, 5) is 27.0. The van der Waals surface area contributed by atoms with E-state index in [1.165, 1.54) is 16.2 Å². The van der Waals surface area contributed by atoms with Crippen molar-refractivity contribution in [1.29, 1.82) is 0 Å². The van der Waals surface area contributed by atoms with Crippen LogP contribution < -0.4 is 10.6 Å². The van der Waals surface area contributed by atoms with Gasteiger partial charge in [0.15, 0.2) is 0 Å². The summed E-state index contributed by atoms with van der Waals surface area (Å²) in [5.74, 6) is -0.256. The van der Waals surface area contributed by atoms with Gasteiger partial charge in [0.1, 0.15) is 5.00 Å². The minimum atomic E-state index is -0.131. The minimum absolute atomic E-state index is 0.125. The molecule has 154 valence electrons. The number of carbonyl (C=O) groups excluding carboxylic acids is 2. The molecule has 1 aliphatic rings. The Hall–Kier alpha value is -2.63. The summed E-state index contributed by atoms with van der Waals surface area (Å²) in [6.07, 6.45) is 4.28. The Morgan fingerprint density at radius 3 is 2.43 bits per heavy atom. The number of amides is 2. The molecule has 6 heteroatoms. The maximum absolute atomic E-state index is 13.1. The van der Waals surface area contributed by atoms with Crippen LogP contribution in [-0.2, 0) is 30.6 Å². The quantitative estimate of drug-likeness (QED) is 0.542. The predicted octanol–water partition coefficient (Wildman–Crippen LogP) is 5.39. The number of aryl methyl sites for hydroxylation is 1. The monoisotopic (exact) mass is 438 g/mol. The zero-order valence-corrected chi connectivity index (χ0v) is 18.1. The van der Waals surface area contributed by atoms with E-state index in [0.29, 0.717) is 22.1 Å². The van der Waals surface area contributed by atoms with E-state index in [0.717, 1.165) is 42.4 Å². The van der Waals surface area contributed by atoms with E-state index < -0.39 is 0 Å². The van der Waals surface area contributed by atoms with Crippen LogP contribution in [0.3, 0.4) is 0 Å². The molecule has 2 aromatic carbocycles. The van der Waals surface area contributed by atoms with E-state index in [9.17, 15) is 9.59 Å². The molecular weight excluding hydrogens is 416 g/mol. The molecule has 4 rings (SSSR count). The van der Waals surface area contributed by atoms with Crippen LogP contribution in [0.25, 0.3) is 0 Å². The molecule has 4 nitrogen and oxygen atoms in total. The lowest BCUT2D eigenvalue weighted by atomic mass is 9.95. The molecule has 0 atom stereocenters. The van der Waals surface area contributed by atoms with Crippen LogP contribution in [0.15, 0.2) is 54.6 Å². The minimum Gasteiger partial charge on any atom is -0.348 e. The Kier molecular flexibility index (Phi) is 6.50. The molecule has 0 saturated carbocycles. The highest BCUT2D eigenvalue weighted by Crippen LogP contribution is 2.38. The van der Waals surface area contributed by atoms with Crippen LogP contribution in [0, 0.1) is 0 Å². The summed E-state index contributed by atoms with van der Waals surface area (Å²) in [5, 5.41) is 7.32. The van der Waals surface area contributed by atoms with Gasteiger partial charge in [0.05, 0.1) is 12.0 Å². The number of anilines is 1. The molecule has 1 heterocycles. The van der Waals surface area contributed by atoms with Crippen molar-refractivity contribution in [3.63, 3.8) is 0 Å². The average molecular weight is 439 g/mol. The molecule has 30 heavy (non-hydrogen) atoms. The first-order valence-corrected chi connectivity index (χ1v) is 11.3. The van der Waals surface area contributed by atoms with Gasteiger partial charge in [-0.05, 0) is 54.5 Å². The topological polar surface area (TPSA) is 58.2 Å². The Morgan fingerprint density at radius 1 is 0.933 bits per heavy atom. The maximum Gasteiger partial charge on any atom is 0.254 e. The number of benzene rings is 2. The third-order valence-electron chi connectivity index (χ3n) is 5.23. The van der Waals surface area contributed by atoms with Crippen molar-refractivity contribution in [2.75, 3.05) is 5.32 Å². The smallest absolute Gasteiger partial charge is 0.254 e. The molecule has 0 radical (unpaired) electrons. The number of hydrogen-bond donors (Lipinski definition) is 2. The molecular formula is C24H23ClN2O2S. The van der Waals surface area contributed by atoms with Crippen LogP contribution in [0.5, 0.6) is 0 Å². The van der Waals surface area contributed by atoms with Crippen molar-refractivity contribution in [3.8, 4) is 0 Å². The van der Waals surface area contributed by atoms with Gasteiger partial charge in [0, 0.05) is 16.4 Å². The molecule has 1 aromatic heterocycles. The third-order valence-corrected chi connectivity index (χ3v) is 6.68. The number of thiophene rings is 1. The second-order valence-electron chi connectivity index (χ2n) is 7.43. The standard InChI is InChI=1S/C24H23ClN2O2S/c25-18-12-10-16(11-13-18)14-21(28)27-24-22(19-8-4-5-9-20(19)30-24)23(29)26-15-17-6-2-1-3-7-17/h1-3,6-7,10-13H,4-5,8-9,14-15H2,(H,26,29)(H,27,28). The van der Waals surface area contributed by atoms with Crippen LogP contribution in [0.2, 0.25) is 5.02 Å². The lowest BCUT2D eigenvalue weighted by Crippen LogP contribution is -2.25. The summed E-state index contributed by atoms with van der Waals surface area (Å²) >= 11 is 7.46. The van der Waals surface area contributed by atoms with Gasteiger partial charge in [-0.25, -0.2) is 0 Å². The number of nitrogens with one attached hydrogen (secondary N) is 2. The van der Waals surface area contributed by atoms with E-state index in [1.807, 2.05) is 42.5 Å². The van der Waals surface area contributed by atoms with Gasteiger partial charge in [0.2, 0.25) is 5.91 Å². The van der Waals surface area contributed by atoms with Crippen molar-refractivity contribution < 1.29 is 9.59 Å². The van der Waals surface area contributed by atoms with E-state index >= 15 is 0 Å². The van der Waals surface area contributed by atoms with Gasteiger partial charge in [-0.1, -0.05) is 54.1 Å². The van der Waals surface area contributed by atoms with Crippen molar-refractivity contribution >= 4 is 39.8 Å². The first kappa shape index (κ1) is 20.6. The van der Waals surface area contributed by atoms with Crippen LogP contribution in [0.4, 0.5) is 5.00 Å². The summed E-state index contributed by atoms with van der Waals surface area (Å²) in [5.41, 5.74) is 3.66. The number of hydrogen-bond acceptors (Lipinski definition) is 3. The Bertz CT molecular complexity index is 1050. The second-order valence-corrected chi connectivity index (χ2v) is 8.98. The van der Waals surface area contributed by atoms with Crippen molar-refractivity contribution in [3.05, 3.63) is 86.8 Å². The highest BCUT2D eigenvalue weighted by Gasteiger charge is 2.26. The Labute approximate surface area is 185 Å². The number of fused-ring (bicyclic) bond motifs is 1. The zero-order chi connectivity index (χ0) is 20.9. The van der Waals surface area contributed by atoms with Crippen molar-refractivity contribution in [2.45, 2.75) is 38.6 Å². The van der Waals surface area contributed by atoms with Gasteiger partial charge in [-0.2, -0.15) is 0 Å². The summed E-state index contributed by atoms with van der Waals surface area (Å²) in [7, 11) is 0. The maximum atomic E-state index is 13.1. The fourth-order valence-electron chi connectivity index (χ4n) is 3.72. The van der Waals surface area contributed by atoms with Crippen molar-refractivity contribution in [1.82, 2.24) is 5.32 Å². The summed E-state index contributed by atoms with van der Waals surface area (Å²) in [6, 6.07) is 17.1. The van der Waals surface area contributed by atoms with E-state index in [1.54, 1.807) is 12.1 Å². The Morgan fingerprint density at radius 2 is 1.67 bits per heavy atom. The van der Waals surface area contributed by atoms with Crippen LogP contribution in [0.1, 0.15) is 44.8 Å². The Balaban J connectivity index is 1.52. The van der Waals surface area contributed by atoms with Crippen LogP contribution in [-0.4, -0.2) is 11.8 Å². The molecule has 3 aromatic rings. The molecule has 0 fully saturated rings. The van der Waals surface area contributed by atoms with Gasteiger partial charge in [0.25, 0.3) is 5.91 Å². The van der Waals surface area contributed by atoms with Gasteiger partial charge >= 0.3 is 0 Å². The second kappa shape index (κ2) is 9.45. The largest absolute Gasteiger partial charge is 0.348 e. The number of halogens is 1. The number of carbonyl (C=O) groups is 2. The van der Waals surface area contributed by atoms with Gasteiger partial charge in [-0.15, -0.1) is 11.3 Å². The fourth-order valence-corrected chi connectivity index (χ4v) is 5.15. The van der Waals surface area contributed by atoms with E-state index in [4.69, 9.17) is 11.6 Å². The third kappa shape index (κ3) is 4.91. The van der Waals surface area contributed by atoms with Crippen LogP contribution >= 0.6 is 22.9 Å². The molecule has 0 aliphatic heterocycles. The SMILES string of the molecule is O=C(Cc1ccc(Cl)cc1)Nc1sc2c(c1C(=O)NCc1ccccc1)CCCC2. The summed E-state index contributed by atoms with van der Waals surface area (Å²) < 4.78 is 0. The normalized spacial score (nSPS) is 12.8. The molecule has 0 unspecified atom stereocenters. The first-order valence-electron chi connectivity index (χ1n) is 10.1. The molecule has 0 bridgehead atoms. The number of rotatable bonds is 6. The highest BCUT2D eigenvalue weighted by molar-refractivity contribution is 7.17. The average Bonchev–Trinajstić information content (AvgIpc) is 3.12.